The molecule has 1 N–H and O–H groups in total. The quantitative estimate of drug-likeness (QED) is 0.904. The number of rotatable bonds is 2. The molecular formula is C13H15N5OS. The van der Waals surface area contributed by atoms with E-state index >= 15 is 0 Å². The molecule has 7 heteroatoms. The standard InChI is InChI=1S/C13H15N5OS/c19-11-10-8(7-20-11)6-18-13(15-10)16-12(17-18)14-9-4-2-1-3-5-9/h7,9H,1-6H2,(H,14,17). The van der Waals surface area contributed by atoms with E-state index in [1.165, 1.54) is 43.9 Å². The SMILES string of the molecule is O=C1SC=C2Cn3nc(NC4CCCCC4)nc3N=C12. The lowest BCUT2D eigenvalue weighted by molar-refractivity contribution is -0.105. The summed E-state index contributed by atoms with van der Waals surface area (Å²) >= 11 is 1.19. The number of hydrogen-bond donors (Lipinski definition) is 1. The second kappa shape index (κ2) is 4.73. The maximum Gasteiger partial charge on any atom is 0.250 e. The third-order valence-corrected chi connectivity index (χ3v) is 4.74. The van der Waals surface area contributed by atoms with Crippen molar-refractivity contribution in [1.29, 1.82) is 0 Å². The fourth-order valence-corrected chi connectivity index (χ4v) is 3.60. The summed E-state index contributed by atoms with van der Waals surface area (Å²) in [6, 6.07) is 0.469. The molecule has 3 aliphatic rings. The van der Waals surface area contributed by atoms with Crippen LogP contribution in [0.1, 0.15) is 32.1 Å². The molecule has 4 rings (SSSR count). The molecule has 0 aromatic carbocycles. The van der Waals surface area contributed by atoms with Crippen molar-refractivity contribution in [3.63, 3.8) is 0 Å². The van der Waals surface area contributed by atoms with Crippen LogP contribution in [0.3, 0.4) is 0 Å². The molecular weight excluding hydrogens is 274 g/mol. The highest BCUT2D eigenvalue weighted by Gasteiger charge is 2.29. The molecule has 6 nitrogen and oxygen atoms in total. The zero-order chi connectivity index (χ0) is 13.5. The fourth-order valence-electron chi connectivity index (χ4n) is 2.87. The van der Waals surface area contributed by atoms with Crippen LogP contribution in [0.15, 0.2) is 16.0 Å². The third-order valence-electron chi connectivity index (χ3n) is 3.93. The summed E-state index contributed by atoms with van der Waals surface area (Å²) < 4.78 is 1.76. The predicted octanol–water partition coefficient (Wildman–Crippen LogP) is 2.27. The van der Waals surface area contributed by atoms with Crippen LogP contribution < -0.4 is 5.32 Å². The van der Waals surface area contributed by atoms with Crippen molar-refractivity contribution in [3.05, 3.63) is 11.0 Å². The topological polar surface area (TPSA) is 72.2 Å². The zero-order valence-corrected chi connectivity index (χ0v) is 11.8. The van der Waals surface area contributed by atoms with Gasteiger partial charge in [-0.25, -0.2) is 9.67 Å². The van der Waals surface area contributed by atoms with Gasteiger partial charge < -0.3 is 5.32 Å². The third kappa shape index (κ3) is 2.06. The number of carbonyl (C=O) groups is 1. The van der Waals surface area contributed by atoms with E-state index in [1.807, 2.05) is 5.41 Å². The number of carbonyl (C=O) groups excluding carboxylic acids is 1. The molecule has 104 valence electrons. The van der Waals surface area contributed by atoms with Gasteiger partial charge in [0.1, 0.15) is 5.71 Å². The number of thioether (sulfide) groups is 1. The Morgan fingerprint density at radius 2 is 2.15 bits per heavy atom. The molecule has 0 spiro atoms. The second-order valence-corrected chi connectivity index (χ2v) is 6.22. The minimum atomic E-state index is 0.0102. The van der Waals surface area contributed by atoms with Crippen molar-refractivity contribution in [2.24, 2.45) is 4.99 Å². The second-order valence-electron chi connectivity index (χ2n) is 5.38. The Morgan fingerprint density at radius 1 is 1.30 bits per heavy atom. The van der Waals surface area contributed by atoms with Crippen molar-refractivity contribution < 1.29 is 4.79 Å². The molecule has 1 aromatic heterocycles. The number of fused-ring (bicyclic) bond motifs is 2. The first kappa shape index (κ1) is 12.1. The fraction of sp³-hybridized carbons (Fsp3) is 0.538. The molecule has 1 aromatic rings. The maximum atomic E-state index is 11.6. The first-order chi connectivity index (χ1) is 9.79. The Hall–Kier alpha value is -1.63. The van der Waals surface area contributed by atoms with Crippen molar-refractivity contribution in [1.82, 2.24) is 14.8 Å². The smallest absolute Gasteiger partial charge is 0.250 e. The zero-order valence-electron chi connectivity index (χ0n) is 11.0. The summed E-state index contributed by atoms with van der Waals surface area (Å²) in [6.07, 6.45) is 6.22. The van der Waals surface area contributed by atoms with E-state index in [2.05, 4.69) is 20.4 Å². The van der Waals surface area contributed by atoms with Crippen LogP contribution in [0.4, 0.5) is 11.9 Å². The number of aromatic nitrogens is 3. The molecule has 0 bridgehead atoms. The number of aliphatic imine (C=N–C) groups is 1. The minimum Gasteiger partial charge on any atom is -0.350 e. The lowest BCUT2D eigenvalue weighted by atomic mass is 9.96. The van der Waals surface area contributed by atoms with Crippen LogP contribution in [0.5, 0.6) is 0 Å². The van der Waals surface area contributed by atoms with Gasteiger partial charge in [0.2, 0.25) is 11.1 Å². The Bertz CT molecular complexity index is 627. The van der Waals surface area contributed by atoms with Gasteiger partial charge in [-0.3, -0.25) is 4.79 Å². The minimum absolute atomic E-state index is 0.0102. The van der Waals surface area contributed by atoms with E-state index in [-0.39, 0.29) is 5.12 Å². The van der Waals surface area contributed by atoms with Crippen molar-refractivity contribution in [2.75, 3.05) is 5.32 Å². The number of nitrogens with zero attached hydrogens (tertiary/aromatic N) is 4. The monoisotopic (exact) mass is 289 g/mol. The van der Waals surface area contributed by atoms with Gasteiger partial charge >= 0.3 is 0 Å². The van der Waals surface area contributed by atoms with Crippen LogP contribution in [-0.4, -0.2) is 31.6 Å². The highest BCUT2D eigenvalue weighted by Crippen LogP contribution is 2.30. The molecule has 1 aliphatic carbocycles. The lowest BCUT2D eigenvalue weighted by Gasteiger charge is -2.21. The van der Waals surface area contributed by atoms with Crippen LogP contribution in [0.2, 0.25) is 0 Å². The molecule has 0 radical (unpaired) electrons. The Kier molecular flexibility index (Phi) is 2.87. The van der Waals surface area contributed by atoms with E-state index < -0.39 is 0 Å². The Morgan fingerprint density at radius 3 is 3.00 bits per heavy atom. The summed E-state index contributed by atoms with van der Waals surface area (Å²) in [4.78, 5) is 20.4. The molecule has 1 saturated carbocycles. The van der Waals surface area contributed by atoms with E-state index in [0.29, 0.717) is 30.2 Å². The van der Waals surface area contributed by atoms with Gasteiger partial charge in [0.05, 0.1) is 6.54 Å². The van der Waals surface area contributed by atoms with Crippen LogP contribution >= 0.6 is 11.8 Å². The first-order valence-corrected chi connectivity index (χ1v) is 7.88. The van der Waals surface area contributed by atoms with Gasteiger partial charge in [-0.2, -0.15) is 4.98 Å². The van der Waals surface area contributed by atoms with Gasteiger partial charge in [0, 0.05) is 11.6 Å². The summed E-state index contributed by atoms with van der Waals surface area (Å²) in [5, 5.41) is 9.72. The van der Waals surface area contributed by atoms with E-state index in [9.17, 15) is 4.79 Å². The number of allylic oxidation sites excluding steroid dienone is 1. The molecule has 2 aliphatic heterocycles. The largest absolute Gasteiger partial charge is 0.350 e. The summed E-state index contributed by atoms with van der Waals surface area (Å²) in [5.74, 6) is 1.17. The van der Waals surface area contributed by atoms with Crippen molar-refractivity contribution in [3.8, 4) is 0 Å². The number of nitrogens with one attached hydrogen (secondary N) is 1. The molecule has 0 unspecified atom stereocenters. The van der Waals surface area contributed by atoms with Gasteiger partial charge in [-0.15, -0.1) is 5.10 Å². The van der Waals surface area contributed by atoms with E-state index in [4.69, 9.17) is 0 Å². The first-order valence-electron chi connectivity index (χ1n) is 7.00. The van der Waals surface area contributed by atoms with Gasteiger partial charge in [-0.1, -0.05) is 31.0 Å². The number of anilines is 1. The summed E-state index contributed by atoms with van der Waals surface area (Å²) in [5.41, 5.74) is 1.49. The van der Waals surface area contributed by atoms with Crippen molar-refractivity contribution >= 4 is 34.5 Å². The maximum absolute atomic E-state index is 11.6. The lowest BCUT2D eigenvalue weighted by Crippen LogP contribution is -2.23. The Balaban J connectivity index is 1.57. The van der Waals surface area contributed by atoms with Gasteiger partial charge in [-0.05, 0) is 18.2 Å². The van der Waals surface area contributed by atoms with Gasteiger partial charge in [0.25, 0.3) is 5.95 Å². The molecule has 0 saturated heterocycles. The number of hydrogen-bond acceptors (Lipinski definition) is 6. The van der Waals surface area contributed by atoms with Crippen LogP contribution in [0, 0.1) is 0 Å². The average Bonchev–Trinajstić information content (AvgIpc) is 3.01. The average molecular weight is 289 g/mol. The van der Waals surface area contributed by atoms with Gasteiger partial charge in [0.15, 0.2) is 0 Å². The molecule has 1 fully saturated rings. The predicted molar refractivity (Wildman–Crippen MR) is 78.3 cm³/mol. The molecule has 20 heavy (non-hydrogen) atoms. The van der Waals surface area contributed by atoms with Crippen molar-refractivity contribution in [2.45, 2.75) is 44.7 Å². The highest BCUT2D eigenvalue weighted by atomic mass is 32.2. The highest BCUT2D eigenvalue weighted by molar-refractivity contribution is 8.18. The van der Waals surface area contributed by atoms with Crippen LogP contribution in [0.25, 0.3) is 0 Å². The Labute approximate surface area is 120 Å². The van der Waals surface area contributed by atoms with Crippen LogP contribution in [-0.2, 0) is 11.3 Å². The van der Waals surface area contributed by atoms with E-state index in [1.54, 1.807) is 4.68 Å². The molecule has 0 amide bonds. The van der Waals surface area contributed by atoms with E-state index in [0.717, 1.165) is 5.57 Å². The summed E-state index contributed by atoms with van der Waals surface area (Å²) in [6.45, 7) is 0.590. The molecule has 3 heterocycles. The normalized spacial score (nSPS) is 22.1. The molecule has 0 atom stereocenters. The summed E-state index contributed by atoms with van der Waals surface area (Å²) in [7, 11) is 0.